The number of aromatic nitrogens is 1. The largest absolute Gasteiger partial charge is 0.324 e. The van der Waals surface area contributed by atoms with Crippen LogP contribution in [0.1, 0.15) is 35.2 Å². The van der Waals surface area contributed by atoms with Crippen molar-refractivity contribution in [1.29, 1.82) is 0 Å². The molecule has 0 aliphatic carbocycles. The van der Waals surface area contributed by atoms with Crippen LogP contribution in [0.25, 0.3) is 0 Å². The van der Waals surface area contributed by atoms with Crippen LogP contribution < -0.4 is 5.73 Å². The van der Waals surface area contributed by atoms with Crippen molar-refractivity contribution in [2.75, 3.05) is 0 Å². The molecule has 0 aliphatic rings. The first-order chi connectivity index (χ1) is 9.04. The van der Waals surface area contributed by atoms with Gasteiger partial charge in [0, 0.05) is 18.0 Å². The van der Waals surface area contributed by atoms with Gasteiger partial charge in [0.25, 0.3) is 0 Å². The topological polar surface area (TPSA) is 38.9 Å². The van der Waals surface area contributed by atoms with Gasteiger partial charge in [0.15, 0.2) is 0 Å². The monoisotopic (exact) mass is 272 g/mol. The third-order valence-electron chi connectivity index (χ3n) is 2.95. The van der Waals surface area contributed by atoms with Crippen LogP contribution in [0.4, 0.5) is 0 Å². The number of nitrogens with zero attached hydrogens (tertiary/aromatic N) is 1. The molecular formula is C16H20N2S. The minimum absolute atomic E-state index is 0.0472. The van der Waals surface area contributed by atoms with Crippen molar-refractivity contribution in [2.24, 2.45) is 5.73 Å². The summed E-state index contributed by atoms with van der Waals surface area (Å²) in [4.78, 5) is 4.44. The minimum Gasteiger partial charge on any atom is -0.324 e. The highest BCUT2D eigenvalue weighted by atomic mass is 32.2. The first kappa shape index (κ1) is 14.1. The summed E-state index contributed by atoms with van der Waals surface area (Å²) in [6, 6.07) is 10.8. The summed E-state index contributed by atoms with van der Waals surface area (Å²) in [5.74, 6) is 0.951. The molecule has 0 unspecified atom stereocenters. The summed E-state index contributed by atoms with van der Waals surface area (Å²) in [5, 5.41) is 1.04. The third-order valence-corrected chi connectivity index (χ3v) is 3.97. The molecule has 3 heteroatoms. The molecule has 2 aromatic rings. The lowest BCUT2D eigenvalue weighted by Gasteiger charge is -2.07. The van der Waals surface area contributed by atoms with E-state index in [9.17, 15) is 0 Å². The van der Waals surface area contributed by atoms with E-state index in [2.05, 4.69) is 43.1 Å². The molecule has 1 aromatic carbocycles. The Labute approximate surface area is 119 Å². The minimum atomic E-state index is 0.0472. The molecule has 1 atom stereocenters. The smallest absolute Gasteiger partial charge is 0.0963 e. The molecule has 2 N–H and O–H groups in total. The van der Waals surface area contributed by atoms with Crippen molar-refractivity contribution in [2.45, 2.75) is 37.6 Å². The highest BCUT2D eigenvalue weighted by Gasteiger charge is 2.02. The Kier molecular flexibility index (Phi) is 4.61. The van der Waals surface area contributed by atoms with Gasteiger partial charge in [0.05, 0.1) is 5.03 Å². The maximum Gasteiger partial charge on any atom is 0.0963 e. The molecule has 0 fully saturated rings. The first-order valence-electron chi connectivity index (χ1n) is 6.46. The highest BCUT2D eigenvalue weighted by Crippen LogP contribution is 2.23. The Morgan fingerprint density at radius 2 is 1.84 bits per heavy atom. The van der Waals surface area contributed by atoms with Crippen molar-refractivity contribution in [1.82, 2.24) is 4.98 Å². The van der Waals surface area contributed by atoms with Gasteiger partial charge in [-0.15, -0.1) is 11.8 Å². The van der Waals surface area contributed by atoms with Gasteiger partial charge in [-0.1, -0.05) is 35.4 Å². The van der Waals surface area contributed by atoms with E-state index in [1.54, 1.807) is 11.8 Å². The number of aryl methyl sites for hydroxylation is 2. The number of pyridine rings is 1. The zero-order valence-corrected chi connectivity index (χ0v) is 12.5. The van der Waals surface area contributed by atoms with E-state index in [0.29, 0.717) is 0 Å². The standard InChI is InChI=1S/C16H20N2S/c1-11-6-12(2)8-14(7-11)10-19-16-5-4-15(9-18-16)13(3)17/h4-9,13H,10,17H2,1-3H3/t13-/m0/s1. The Balaban J connectivity index is 2.02. The lowest BCUT2D eigenvalue weighted by Crippen LogP contribution is -2.04. The average Bonchev–Trinajstić information content (AvgIpc) is 2.36. The molecule has 0 saturated carbocycles. The molecule has 19 heavy (non-hydrogen) atoms. The fourth-order valence-corrected chi connectivity index (χ4v) is 2.83. The van der Waals surface area contributed by atoms with Crippen LogP contribution in [0.5, 0.6) is 0 Å². The summed E-state index contributed by atoms with van der Waals surface area (Å²) < 4.78 is 0. The number of hydrogen-bond acceptors (Lipinski definition) is 3. The third kappa shape index (κ3) is 4.08. The Morgan fingerprint density at radius 1 is 1.16 bits per heavy atom. The fourth-order valence-electron chi connectivity index (χ4n) is 2.06. The van der Waals surface area contributed by atoms with Crippen LogP contribution in [-0.4, -0.2) is 4.98 Å². The fraction of sp³-hybridized carbons (Fsp3) is 0.312. The van der Waals surface area contributed by atoms with Crippen molar-refractivity contribution >= 4 is 11.8 Å². The molecular weight excluding hydrogens is 252 g/mol. The van der Waals surface area contributed by atoms with Crippen LogP contribution in [0, 0.1) is 13.8 Å². The Bertz CT molecular complexity index is 527. The number of rotatable bonds is 4. The normalized spacial score (nSPS) is 12.4. The zero-order valence-electron chi connectivity index (χ0n) is 11.7. The molecule has 0 saturated heterocycles. The van der Waals surface area contributed by atoms with Crippen LogP contribution in [0.15, 0.2) is 41.6 Å². The van der Waals surface area contributed by atoms with E-state index in [-0.39, 0.29) is 6.04 Å². The van der Waals surface area contributed by atoms with Gasteiger partial charge in [-0.25, -0.2) is 4.98 Å². The quantitative estimate of drug-likeness (QED) is 0.855. The van der Waals surface area contributed by atoms with Crippen molar-refractivity contribution in [3.05, 3.63) is 58.8 Å². The molecule has 0 bridgehead atoms. The van der Waals surface area contributed by atoms with E-state index < -0.39 is 0 Å². The number of benzene rings is 1. The van der Waals surface area contributed by atoms with Crippen molar-refractivity contribution in [3.8, 4) is 0 Å². The van der Waals surface area contributed by atoms with Crippen LogP contribution >= 0.6 is 11.8 Å². The van der Waals surface area contributed by atoms with Crippen LogP contribution in [-0.2, 0) is 5.75 Å². The van der Waals surface area contributed by atoms with E-state index in [4.69, 9.17) is 5.73 Å². The number of nitrogens with two attached hydrogens (primary N) is 1. The second-order valence-electron chi connectivity index (χ2n) is 5.00. The van der Waals surface area contributed by atoms with Gasteiger partial charge in [0.1, 0.15) is 0 Å². The summed E-state index contributed by atoms with van der Waals surface area (Å²) in [7, 11) is 0. The lowest BCUT2D eigenvalue weighted by atomic mass is 10.1. The van der Waals surface area contributed by atoms with Gasteiger partial charge in [-0.05, 0) is 38.0 Å². The highest BCUT2D eigenvalue weighted by molar-refractivity contribution is 7.98. The predicted octanol–water partition coefficient (Wildman–Crippen LogP) is 4.01. The van der Waals surface area contributed by atoms with E-state index in [1.807, 2.05) is 19.2 Å². The SMILES string of the molecule is Cc1cc(C)cc(CSc2ccc([C@H](C)N)cn2)c1. The van der Waals surface area contributed by atoms with E-state index >= 15 is 0 Å². The molecule has 0 radical (unpaired) electrons. The summed E-state index contributed by atoms with van der Waals surface area (Å²) in [6.07, 6.45) is 1.87. The maximum atomic E-state index is 5.82. The van der Waals surface area contributed by atoms with Gasteiger partial charge in [-0.3, -0.25) is 0 Å². The molecule has 1 aromatic heterocycles. The van der Waals surface area contributed by atoms with Crippen molar-refractivity contribution < 1.29 is 0 Å². The van der Waals surface area contributed by atoms with Crippen LogP contribution in [0.2, 0.25) is 0 Å². The second-order valence-corrected chi connectivity index (χ2v) is 6.00. The summed E-state index contributed by atoms with van der Waals surface area (Å²) in [5.41, 5.74) is 10.9. The molecule has 2 rings (SSSR count). The molecule has 100 valence electrons. The summed E-state index contributed by atoms with van der Waals surface area (Å²) in [6.45, 7) is 6.24. The van der Waals surface area contributed by atoms with E-state index in [0.717, 1.165) is 16.3 Å². The maximum absolute atomic E-state index is 5.82. The zero-order chi connectivity index (χ0) is 13.8. The molecule has 1 heterocycles. The lowest BCUT2D eigenvalue weighted by molar-refractivity contribution is 0.806. The number of thioether (sulfide) groups is 1. The molecule has 0 spiro atoms. The summed E-state index contributed by atoms with van der Waals surface area (Å²) >= 11 is 1.76. The average molecular weight is 272 g/mol. The molecule has 0 amide bonds. The molecule has 2 nitrogen and oxygen atoms in total. The Morgan fingerprint density at radius 3 is 2.37 bits per heavy atom. The van der Waals surface area contributed by atoms with Gasteiger partial charge in [-0.2, -0.15) is 0 Å². The van der Waals surface area contributed by atoms with Crippen LogP contribution in [0.3, 0.4) is 0 Å². The van der Waals surface area contributed by atoms with E-state index in [1.165, 1.54) is 16.7 Å². The van der Waals surface area contributed by atoms with Gasteiger partial charge >= 0.3 is 0 Å². The molecule has 0 aliphatic heterocycles. The van der Waals surface area contributed by atoms with Crippen molar-refractivity contribution in [3.63, 3.8) is 0 Å². The second kappa shape index (κ2) is 6.22. The Hall–Kier alpha value is -1.32. The van der Waals surface area contributed by atoms with Gasteiger partial charge in [0.2, 0.25) is 0 Å². The predicted molar refractivity (Wildman–Crippen MR) is 82.3 cm³/mol. The van der Waals surface area contributed by atoms with Gasteiger partial charge < -0.3 is 5.73 Å². The first-order valence-corrected chi connectivity index (χ1v) is 7.44. The number of hydrogen-bond donors (Lipinski definition) is 1.